The lowest BCUT2D eigenvalue weighted by atomic mass is 10.0. The quantitative estimate of drug-likeness (QED) is 0.114. The summed E-state index contributed by atoms with van der Waals surface area (Å²) in [6, 6.07) is 20.2. The van der Waals surface area contributed by atoms with Crippen molar-refractivity contribution in [1.29, 1.82) is 0 Å². The summed E-state index contributed by atoms with van der Waals surface area (Å²) < 4.78 is 60.0. The summed E-state index contributed by atoms with van der Waals surface area (Å²) in [6.07, 6.45) is 7.26. The van der Waals surface area contributed by atoms with Gasteiger partial charge < -0.3 is 18.7 Å². The zero-order chi connectivity index (χ0) is 30.6. The van der Waals surface area contributed by atoms with Crippen molar-refractivity contribution >= 4 is 19.2 Å². The number of hydrogen-bond acceptors (Lipinski definition) is 5. The van der Waals surface area contributed by atoms with Crippen molar-refractivity contribution in [2.45, 2.75) is 65.0 Å². The van der Waals surface area contributed by atoms with Gasteiger partial charge in [-0.1, -0.05) is 81.5 Å². The van der Waals surface area contributed by atoms with Gasteiger partial charge in [0.2, 0.25) is 0 Å². The van der Waals surface area contributed by atoms with Crippen LogP contribution in [0, 0.1) is 0 Å². The minimum Gasteiger partial charge on any atom is -0.494 e. The van der Waals surface area contributed by atoms with Gasteiger partial charge in [-0.2, -0.15) is 8.78 Å². The van der Waals surface area contributed by atoms with Gasteiger partial charge in [0.15, 0.2) is 0 Å². The van der Waals surface area contributed by atoms with Crippen molar-refractivity contribution in [3.63, 3.8) is 0 Å². The number of amides is 1. The predicted molar refractivity (Wildman–Crippen MR) is 165 cm³/mol. The summed E-state index contributed by atoms with van der Waals surface area (Å²) in [5.74, 6) is 0.320. The van der Waals surface area contributed by atoms with Crippen LogP contribution in [0.15, 0.2) is 72.8 Å². The minimum absolute atomic E-state index is 0.0900. The molecule has 0 aromatic heterocycles. The van der Waals surface area contributed by atoms with Gasteiger partial charge in [0.25, 0.3) is 5.91 Å². The normalized spacial score (nSPS) is 11.9. The number of hydrogen-bond donors (Lipinski definition) is 0. The second-order valence-corrected chi connectivity index (χ2v) is 12.0. The highest BCUT2D eigenvalue weighted by Crippen LogP contribution is 2.67. The maximum absolute atomic E-state index is 15.6. The van der Waals surface area contributed by atoms with Gasteiger partial charge in [-0.25, -0.2) is 0 Å². The molecule has 0 aliphatic heterocycles. The highest BCUT2D eigenvalue weighted by Gasteiger charge is 2.56. The number of benzene rings is 3. The van der Waals surface area contributed by atoms with Crippen LogP contribution in [0.1, 0.15) is 75.2 Å². The fourth-order valence-corrected chi connectivity index (χ4v) is 6.19. The Morgan fingerprint density at radius 3 is 1.93 bits per heavy atom. The molecule has 3 aromatic rings. The number of ether oxygens (including phenoxy) is 1. The Morgan fingerprint density at radius 1 is 0.786 bits per heavy atom. The lowest BCUT2D eigenvalue weighted by Crippen LogP contribution is -2.29. The van der Waals surface area contributed by atoms with Crippen molar-refractivity contribution in [3.05, 3.63) is 83.9 Å². The van der Waals surface area contributed by atoms with Crippen LogP contribution in [0.4, 0.5) is 14.5 Å². The molecule has 1 amide bonds. The number of alkyl halides is 2. The fourth-order valence-electron chi connectivity index (χ4n) is 4.63. The number of carbonyl (C=O) groups is 1. The molecule has 0 radical (unpaired) electrons. The number of rotatable bonds is 17. The SMILES string of the molecule is CCCCCCCCOc1ccc(-c2ccc(C(=O)N(C)c3ccccc3C(F)(F)P(=O)(OCC)OCC)cc2)cc1. The molecule has 0 fully saturated rings. The van der Waals surface area contributed by atoms with Gasteiger partial charge in [0, 0.05) is 12.6 Å². The number of carbonyl (C=O) groups excluding carboxylic acids is 1. The summed E-state index contributed by atoms with van der Waals surface area (Å²) >= 11 is 0. The van der Waals surface area contributed by atoms with Gasteiger partial charge in [-0.05, 0) is 61.7 Å². The van der Waals surface area contributed by atoms with Crippen LogP contribution in [0.5, 0.6) is 5.75 Å². The van der Waals surface area contributed by atoms with Crippen LogP contribution in [0.3, 0.4) is 0 Å². The number of nitrogens with zero attached hydrogens (tertiary/aromatic N) is 1. The molecule has 0 N–H and O–H groups in total. The van der Waals surface area contributed by atoms with E-state index in [-0.39, 0.29) is 18.9 Å². The Hall–Kier alpha value is -3.06. The van der Waals surface area contributed by atoms with E-state index in [0.717, 1.165) is 34.3 Å². The molecule has 0 saturated heterocycles. The topological polar surface area (TPSA) is 65.1 Å². The summed E-state index contributed by atoms with van der Waals surface area (Å²) in [6.45, 7) is 5.40. The maximum atomic E-state index is 15.6. The monoisotopic (exact) mass is 601 g/mol. The van der Waals surface area contributed by atoms with Crippen LogP contribution in [0.2, 0.25) is 0 Å². The van der Waals surface area contributed by atoms with Crippen LogP contribution in [-0.2, 0) is 19.3 Å². The van der Waals surface area contributed by atoms with Crippen molar-refractivity contribution in [3.8, 4) is 16.9 Å². The van der Waals surface area contributed by atoms with E-state index in [1.807, 2.05) is 36.4 Å². The zero-order valence-corrected chi connectivity index (χ0v) is 25.9. The van der Waals surface area contributed by atoms with Crippen molar-refractivity contribution in [2.75, 3.05) is 31.8 Å². The number of anilines is 1. The molecule has 0 aliphatic rings. The first-order chi connectivity index (χ1) is 20.2. The summed E-state index contributed by atoms with van der Waals surface area (Å²) in [5, 5.41) is 0. The van der Waals surface area contributed by atoms with E-state index in [9.17, 15) is 9.36 Å². The summed E-state index contributed by atoms with van der Waals surface area (Å²) in [5.41, 5.74) is -2.50. The van der Waals surface area contributed by atoms with Crippen LogP contribution in [-0.4, -0.2) is 32.8 Å². The maximum Gasteiger partial charge on any atom is 0.404 e. The average molecular weight is 602 g/mol. The van der Waals surface area contributed by atoms with Gasteiger partial charge in [-0.15, -0.1) is 0 Å². The first-order valence-corrected chi connectivity index (χ1v) is 16.2. The standard InChI is InChI=1S/C33H42F2NO5P/c1-5-8-9-10-11-14-25-39-29-23-21-27(22-24-29)26-17-19-28(20-18-26)32(37)36(4)31-16-13-12-15-30(31)33(34,35)42(38,40-6-2)41-7-3/h12-13,15-24H,5-11,14,25H2,1-4H3. The van der Waals surface area contributed by atoms with Gasteiger partial charge in [-0.3, -0.25) is 9.36 Å². The van der Waals surface area contributed by atoms with Crippen molar-refractivity contribution in [2.24, 2.45) is 0 Å². The molecule has 0 spiro atoms. The largest absolute Gasteiger partial charge is 0.494 e. The molecular formula is C33H42F2NO5P. The Morgan fingerprint density at radius 2 is 1.33 bits per heavy atom. The molecule has 0 bridgehead atoms. The van der Waals surface area contributed by atoms with E-state index >= 15 is 8.78 Å². The van der Waals surface area contributed by atoms with Gasteiger partial charge in [0.05, 0.1) is 31.1 Å². The lowest BCUT2D eigenvalue weighted by Gasteiger charge is -2.29. The third kappa shape index (κ3) is 8.27. The highest BCUT2D eigenvalue weighted by atomic mass is 31.2. The molecule has 0 atom stereocenters. The van der Waals surface area contributed by atoms with E-state index < -0.39 is 24.7 Å². The first kappa shape index (κ1) is 33.4. The van der Waals surface area contributed by atoms with Gasteiger partial charge >= 0.3 is 13.3 Å². The molecule has 3 rings (SSSR count). The Labute approximate surface area is 248 Å². The second kappa shape index (κ2) is 16.0. The number of halogens is 2. The van der Waals surface area contributed by atoms with E-state index in [1.54, 1.807) is 12.1 Å². The molecule has 0 aliphatic carbocycles. The first-order valence-electron chi connectivity index (χ1n) is 14.7. The third-order valence-electron chi connectivity index (χ3n) is 6.92. The van der Waals surface area contributed by atoms with E-state index in [0.29, 0.717) is 12.2 Å². The van der Waals surface area contributed by atoms with Crippen molar-refractivity contribution < 1.29 is 31.9 Å². The minimum atomic E-state index is -4.85. The molecule has 3 aromatic carbocycles. The number of unbranched alkanes of at least 4 members (excludes halogenated alkanes) is 5. The zero-order valence-electron chi connectivity index (χ0n) is 25.0. The van der Waals surface area contributed by atoms with E-state index in [1.165, 1.54) is 71.2 Å². The lowest BCUT2D eigenvalue weighted by molar-refractivity contribution is 0.0364. The molecule has 0 saturated carbocycles. The van der Waals surface area contributed by atoms with Crippen molar-refractivity contribution in [1.82, 2.24) is 0 Å². The summed E-state index contributed by atoms with van der Waals surface area (Å²) in [7, 11) is -3.45. The number of para-hydroxylation sites is 1. The van der Waals surface area contributed by atoms with E-state index in [2.05, 4.69) is 6.92 Å². The molecule has 0 unspecified atom stereocenters. The van der Waals surface area contributed by atoms with Crippen LogP contribution >= 0.6 is 7.60 Å². The fraction of sp³-hybridized carbons (Fsp3) is 0.424. The Bertz CT molecular complexity index is 1300. The molecule has 9 heteroatoms. The third-order valence-corrected chi connectivity index (χ3v) is 9.05. The average Bonchev–Trinajstić information content (AvgIpc) is 3.00. The second-order valence-electron chi connectivity index (χ2n) is 9.97. The molecular weight excluding hydrogens is 559 g/mol. The summed E-state index contributed by atoms with van der Waals surface area (Å²) in [4.78, 5) is 14.5. The molecule has 0 heterocycles. The molecule has 42 heavy (non-hydrogen) atoms. The highest BCUT2D eigenvalue weighted by molar-refractivity contribution is 7.54. The van der Waals surface area contributed by atoms with Gasteiger partial charge in [0.1, 0.15) is 5.75 Å². The van der Waals surface area contributed by atoms with Crippen LogP contribution in [0.25, 0.3) is 11.1 Å². The Balaban J connectivity index is 1.70. The van der Waals surface area contributed by atoms with E-state index in [4.69, 9.17) is 13.8 Å². The molecule has 228 valence electrons. The van der Waals surface area contributed by atoms with Crippen LogP contribution < -0.4 is 9.64 Å². The Kier molecular flexibility index (Phi) is 12.7. The smallest absolute Gasteiger partial charge is 0.404 e. The predicted octanol–water partition coefficient (Wildman–Crippen LogP) is 9.68. The molecule has 6 nitrogen and oxygen atoms in total.